The van der Waals surface area contributed by atoms with Gasteiger partial charge in [0.1, 0.15) is 12.1 Å². The fraction of sp³-hybridized carbons (Fsp3) is 0.200. The lowest BCUT2D eigenvalue weighted by atomic mass is 10.1. The van der Waals surface area contributed by atoms with Crippen LogP contribution in [0.4, 0.5) is 0 Å². The number of aryl methyl sites for hydroxylation is 1. The van der Waals surface area contributed by atoms with Gasteiger partial charge >= 0.3 is 0 Å². The van der Waals surface area contributed by atoms with Crippen LogP contribution in [0.1, 0.15) is 34.6 Å². The highest BCUT2D eigenvalue weighted by Crippen LogP contribution is 2.13. The number of aromatic nitrogens is 2. The van der Waals surface area contributed by atoms with Crippen LogP contribution in [0.25, 0.3) is 0 Å². The zero-order chi connectivity index (χ0) is 15.2. The molecule has 0 radical (unpaired) electrons. The van der Waals surface area contributed by atoms with Gasteiger partial charge in [0.15, 0.2) is 17.2 Å². The quantitative estimate of drug-likeness (QED) is 0.781. The van der Waals surface area contributed by atoms with Crippen LogP contribution in [-0.2, 0) is 6.54 Å². The van der Waals surface area contributed by atoms with Crippen molar-refractivity contribution < 1.29 is 4.79 Å². The first-order valence-corrected chi connectivity index (χ1v) is 7.09. The third-order valence-electron chi connectivity index (χ3n) is 3.02. The molecule has 5 nitrogen and oxygen atoms in total. The number of nitriles is 2. The van der Waals surface area contributed by atoms with Crippen LogP contribution in [0.15, 0.2) is 35.1 Å². The summed E-state index contributed by atoms with van der Waals surface area (Å²) in [5.74, 6) is 0.0571. The van der Waals surface area contributed by atoms with Gasteiger partial charge in [-0.3, -0.25) is 4.79 Å². The van der Waals surface area contributed by atoms with Gasteiger partial charge in [-0.15, -0.1) is 0 Å². The van der Waals surface area contributed by atoms with Crippen LogP contribution >= 0.6 is 15.9 Å². The Hall–Kier alpha value is -2.44. The highest BCUT2D eigenvalue weighted by molar-refractivity contribution is 9.10. The first kappa shape index (κ1) is 15.0. The summed E-state index contributed by atoms with van der Waals surface area (Å²) in [5, 5.41) is 17.8. The Morgan fingerprint density at radius 1 is 1.24 bits per heavy atom. The van der Waals surface area contributed by atoms with E-state index in [0.717, 1.165) is 4.47 Å². The Labute approximate surface area is 130 Å². The van der Waals surface area contributed by atoms with E-state index in [9.17, 15) is 4.79 Å². The molecule has 104 valence electrons. The van der Waals surface area contributed by atoms with Crippen LogP contribution in [0.5, 0.6) is 0 Å². The Morgan fingerprint density at radius 2 is 1.95 bits per heavy atom. The molecule has 0 aliphatic carbocycles. The lowest BCUT2D eigenvalue weighted by Crippen LogP contribution is -2.04. The molecule has 0 fully saturated rings. The van der Waals surface area contributed by atoms with E-state index >= 15 is 0 Å². The van der Waals surface area contributed by atoms with Crippen molar-refractivity contribution in [3.63, 3.8) is 0 Å². The molecule has 6 heteroatoms. The molecule has 0 aliphatic rings. The van der Waals surface area contributed by atoms with E-state index in [2.05, 4.69) is 20.9 Å². The summed E-state index contributed by atoms with van der Waals surface area (Å²) in [6.07, 6.45) is 2.43. The average molecular weight is 343 g/mol. The summed E-state index contributed by atoms with van der Waals surface area (Å²) in [7, 11) is 0. The van der Waals surface area contributed by atoms with Crippen molar-refractivity contribution in [3.05, 3.63) is 52.0 Å². The SMILES string of the molecule is N#Cc1ncn(CCCC(=O)c2ccc(Br)cc2)c1C#N. The minimum atomic E-state index is 0.0571. The molecule has 21 heavy (non-hydrogen) atoms. The van der Waals surface area contributed by atoms with Gasteiger partial charge in [-0.2, -0.15) is 10.5 Å². The number of nitrogens with zero attached hydrogens (tertiary/aromatic N) is 4. The summed E-state index contributed by atoms with van der Waals surface area (Å²) in [4.78, 5) is 15.9. The van der Waals surface area contributed by atoms with Crippen molar-refractivity contribution in [2.75, 3.05) is 0 Å². The van der Waals surface area contributed by atoms with Crippen molar-refractivity contribution in [2.24, 2.45) is 0 Å². The monoisotopic (exact) mass is 342 g/mol. The summed E-state index contributed by atoms with van der Waals surface area (Å²) < 4.78 is 2.54. The second-order valence-corrected chi connectivity index (χ2v) is 5.31. The number of hydrogen-bond donors (Lipinski definition) is 0. The van der Waals surface area contributed by atoms with Gasteiger partial charge in [-0.1, -0.05) is 28.1 Å². The summed E-state index contributed by atoms with van der Waals surface area (Å²) in [6.45, 7) is 0.486. The summed E-state index contributed by atoms with van der Waals surface area (Å²) in [6, 6.07) is 11.0. The molecule has 1 heterocycles. The van der Waals surface area contributed by atoms with E-state index in [1.54, 1.807) is 16.7 Å². The number of halogens is 1. The molecule has 0 N–H and O–H groups in total. The number of carbonyl (C=O) groups excluding carboxylic acids is 1. The van der Waals surface area contributed by atoms with E-state index in [-0.39, 0.29) is 17.2 Å². The molecule has 0 saturated carbocycles. The van der Waals surface area contributed by atoms with E-state index < -0.39 is 0 Å². The molecule has 1 aromatic carbocycles. The zero-order valence-corrected chi connectivity index (χ0v) is 12.7. The fourth-order valence-corrected chi connectivity index (χ4v) is 2.21. The van der Waals surface area contributed by atoms with Crippen molar-refractivity contribution >= 4 is 21.7 Å². The molecule has 0 saturated heterocycles. The first-order chi connectivity index (χ1) is 10.2. The Morgan fingerprint density at radius 3 is 2.57 bits per heavy atom. The summed E-state index contributed by atoms with van der Waals surface area (Å²) >= 11 is 3.32. The van der Waals surface area contributed by atoms with Gasteiger partial charge in [0.25, 0.3) is 0 Å². The standard InChI is InChI=1S/C15H11BrN4O/c16-12-5-3-11(4-6-12)15(21)2-1-7-20-10-19-13(8-17)14(20)9-18/h3-6,10H,1-2,7H2. The van der Waals surface area contributed by atoms with E-state index in [4.69, 9.17) is 10.5 Å². The number of Topliss-reactive ketones (excluding diaryl/α,β-unsaturated/α-hetero) is 1. The minimum absolute atomic E-state index is 0.0571. The fourth-order valence-electron chi connectivity index (χ4n) is 1.94. The second kappa shape index (κ2) is 6.83. The van der Waals surface area contributed by atoms with Gasteiger partial charge in [0.05, 0.1) is 6.33 Å². The van der Waals surface area contributed by atoms with Crippen molar-refractivity contribution in [1.29, 1.82) is 10.5 Å². The van der Waals surface area contributed by atoms with Gasteiger partial charge in [-0.25, -0.2) is 4.98 Å². The third kappa shape index (κ3) is 3.56. The molecular formula is C15H11BrN4O. The van der Waals surface area contributed by atoms with Crippen molar-refractivity contribution in [1.82, 2.24) is 9.55 Å². The molecule has 0 aliphatic heterocycles. The lowest BCUT2D eigenvalue weighted by Gasteiger charge is -2.04. The number of ketones is 1. The van der Waals surface area contributed by atoms with Crippen LogP contribution in [0.3, 0.4) is 0 Å². The molecule has 0 unspecified atom stereocenters. The van der Waals surface area contributed by atoms with Crippen LogP contribution in [-0.4, -0.2) is 15.3 Å². The highest BCUT2D eigenvalue weighted by atomic mass is 79.9. The molecule has 0 spiro atoms. The molecule has 2 aromatic rings. The van der Waals surface area contributed by atoms with Crippen LogP contribution in [0.2, 0.25) is 0 Å². The van der Waals surface area contributed by atoms with Gasteiger partial charge in [-0.05, 0) is 18.6 Å². The normalized spacial score (nSPS) is 9.86. The highest BCUT2D eigenvalue weighted by Gasteiger charge is 2.11. The lowest BCUT2D eigenvalue weighted by molar-refractivity contribution is 0.0978. The number of carbonyl (C=O) groups is 1. The number of benzene rings is 1. The van der Waals surface area contributed by atoms with Crippen molar-refractivity contribution in [2.45, 2.75) is 19.4 Å². The van der Waals surface area contributed by atoms with Gasteiger partial charge in [0.2, 0.25) is 0 Å². The topological polar surface area (TPSA) is 82.5 Å². The van der Waals surface area contributed by atoms with Crippen LogP contribution in [0, 0.1) is 22.7 Å². The van der Waals surface area contributed by atoms with Gasteiger partial charge in [0, 0.05) is 23.0 Å². The maximum Gasteiger partial charge on any atom is 0.176 e. The smallest absolute Gasteiger partial charge is 0.176 e. The Kier molecular flexibility index (Phi) is 4.86. The Balaban J connectivity index is 1.95. The number of rotatable bonds is 5. The number of imidazole rings is 1. The van der Waals surface area contributed by atoms with E-state index in [1.165, 1.54) is 6.33 Å². The maximum absolute atomic E-state index is 12.0. The predicted octanol–water partition coefficient (Wildman–Crippen LogP) is 3.05. The van der Waals surface area contributed by atoms with E-state index in [1.807, 2.05) is 24.3 Å². The maximum atomic E-state index is 12.0. The molecule has 1 aromatic heterocycles. The zero-order valence-electron chi connectivity index (χ0n) is 11.1. The first-order valence-electron chi connectivity index (χ1n) is 6.30. The van der Waals surface area contributed by atoms with Crippen molar-refractivity contribution in [3.8, 4) is 12.1 Å². The van der Waals surface area contributed by atoms with Crippen LogP contribution < -0.4 is 0 Å². The largest absolute Gasteiger partial charge is 0.321 e. The predicted molar refractivity (Wildman–Crippen MR) is 79.4 cm³/mol. The van der Waals surface area contributed by atoms with Gasteiger partial charge < -0.3 is 4.57 Å². The second-order valence-electron chi connectivity index (χ2n) is 4.39. The average Bonchev–Trinajstić information content (AvgIpc) is 2.89. The molecule has 0 atom stereocenters. The molecule has 0 bridgehead atoms. The minimum Gasteiger partial charge on any atom is -0.321 e. The van der Waals surface area contributed by atoms with E-state index in [0.29, 0.717) is 24.9 Å². The summed E-state index contributed by atoms with van der Waals surface area (Å²) in [5.41, 5.74) is 1.03. The third-order valence-corrected chi connectivity index (χ3v) is 3.55. The number of hydrogen-bond acceptors (Lipinski definition) is 4. The molecule has 0 amide bonds. The molecule has 2 rings (SSSR count). The molecular weight excluding hydrogens is 332 g/mol. The Bertz CT molecular complexity index is 735.